The van der Waals surface area contributed by atoms with Gasteiger partial charge in [-0.3, -0.25) is 9.10 Å². The first-order chi connectivity index (χ1) is 13.1. The van der Waals surface area contributed by atoms with Crippen LogP contribution in [0.25, 0.3) is 0 Å². The normalized spacial score (nSPS) is 16.6. The van der Waals surface area contributed by atoms with Gasteiger partial charge in [0, 0.05) is 17.8 Å². The molecule has 0 bridgehead atoms. The molecule has 1 fully saturated rings. The highest BCUT2D eigenvalue weighted by Crippen LogP contribution is 2.31. The lowest BCUT2D eigenvalue weighted by Crippen LogP contribution is -2.38. The van der Waals surface area contributed by atoms with Crippen molar-refractivity contribution in [1.82, 2.24) is 0 Å². The van der Waals surface area contributed by atoms with E-state index in [9.17, 15) is 26.4 Å². The molecular formula is C19H19F3N2O3S. The van der Waals surface area contributed by atoms with Crippen LogP contribution in [0.1, 0.15) is 34.3 Å². The number of amides is 1. The largest absolute Gasteiger partial charge is 0.416 e. The lowest BCUT2D eigenvalue weighted by molar-refractivity contribution is -0.137. The number of nitrogens with one attached hydrogen (secondary N) is 1. The van der Waals surface area contributed by atoms with E-state index in [2.05, 4.69) is 5.32 Å². The SMILES string of the molecule is Cc1cc(C(=O)Nc2cccc(C(F)(F)F)c2)ccc1N1CCCCS1(=O)=O. The number of anilines is 2. The highest BCUT2D eigenvalue weighted by atomic mass is 32.2. The summed E-state index contributed by atoms with van der Waals surface area (Å²) in [6.45, 7) is 2.08. The number of nitrogens with zero attached hydrogens (tertiary/aromatic N) is 1. The Labute approximate surface area is 161 Å². The Kier molecular flexibility index (Phi) is 5.38. The van der Waals surface area contributed by atoms with Gasteiger partial charge in [-0.05, 0) is 61.7 Å². The number of hydrogen-bond donors (Lipinski definition) is 1. The van der Waals surface area contributed by atoms with E-state index < -0.39 is 27.7 Å². The van der Waals surface area contributed by atoms with Gasteiger partial charge in [-0.1, -0.05) is 6.07 Å². The highest BCUT2D eigenvalue weighted by molar-refractivity contribution is 7.92. The Hall–Kier alpha value is -2.55. The summed E-state index contributed by atoms with van der Waals surface area (Å²) in [4.78, 5) is 12.4. The van der Waals surface area contributed by atoms with E-state index in [1.807, 2.05) is 0 Å². The summed E-state index contributed by atoms with van der Waals surface area (Å²) in [7, 11) is -3.37. The van der Waals surface area contributed by atoms with Gasteiger partial charge < -0.3 is 5.32 Å². The zero-order valence-corrected chi connectivity index (χ0v) is 15.9. The Bertz CT molecular complexity index is 1000. The number of carbonyl (C=O) groups excluding carboxylic acids is 1. The van der Waals surface area contributed by atoms with E-state index in [1.165, 1.54) is 28.6 Å². The Morgan fingerprint density at radius 3 is 2.50 bits per heavy atom. The van der Waals surface area contributed by atoms with Crippen LogP contribution in [0.15, 0.2) is 42.5 Å². The third-order valence-corrected chi connectivity index (χ3v) is 6.38. The zero-order valence-electron chi connectivity index (χ0n) is 15.1. The summed E-state index contributed by atoms with van der Waals surface area (Å²) >= 11 is 0. The molecule has 28 heavy (non-hydrogen) atoms. The molecule has 5 nitrogen and oxygen atoms in total. The summed E-state index contributed by atoms with van der Waals surface area (Å²) in [5.41, 5.74) is 0.512. The number of aryl methyl sites for hydroxylation is 1. The molecule has 0 atom stereocenters. The summed E-state index contributed by atoms with van der Waals surface area (Å²) in [5.74, 6) is -0.486. The van der Waals surface area contributed by atoms with Gasteiger partial charge in [0.2, 0.25) is 10.0 Å². The van der Waals surface area contributed by atoms with Crippen LogP contribution < -0.4 is 9.62 Å². The van der Waals surface area contributed by atoms with Crippen LogP contribution in [0.4, 0.5) is 24.5 Å². The fraction of sp³-hybridized carbons (Fsp3) is 0.316. The summed E-state index contributed by atoms with van der Waals surface area (Å²) < 4.78 is 64.3. The minimum absolute atomic E-state index is 0.0279. The van der Waals surface area contributed by atoms with Crippen LogP contribution in [-0.2, 0) is 16.2 Å². The maximum absolute atomic E-state index is 12.8. The van der Waals surface area contributed by atoms with E-state index in [0.717, 1.165) is 18.6 Å². The lowest BCUT2D eigenvalue weighted by atomic mass is 10.1. The Morgan fingerprint density at radius 2 is 1.86 bits per heavy atom. The van der Waals surface area contributed by atoms with Gasteiger partial charge in [0.25, 0.3) is 5.91 Å². The van der Waals surface area contributed by atoms with Gasteiger partial charge in [0.05, 0.1) is 17.0 Å². The van der Waals surface area contributed by atoms with Crippen LogP contribution in [0.5, 0.6) is 0 Å². The predicted octanol–water partition coefficient (Wildman–Crippen LogP) is 4.20. The summed E-state index contributed by atoms with van der Waals surface area (Å²) in [6.07, 6.45) is -3.12. The number of carbonyl (C=O) groups is 1. The third kappa shape index (κ3) is 4.30. The average molecular weight is 412 g/mol. The van der Waals surface area contributed by atoms with E-state index in [1.54, 1.807) is 13.0 Å². The summed E-state index contributed by atoms with van der Waals surface area (Å²) in [6, 6.07) is 8.92. The molecule has 1 N–H and O–H groups in total. The monoisotopic (exact) mass is 412 g/mol. The number of benzene rings is 2. The highest BCUT2D eigenvalue weighted by Gasteiger charge is 2.30. The number of sulfonamides is 1. The second kappa shape index (κ2) is 7.46. The molecule has 0 aliphatic carbocycles. The number of rotatable bonds is 3. The molecule has 3 rings (SSSR count). The molecular weight excluding hydrogens is 393 g/mol. The maximum Gasteiger partial charge on any atom is 0.416 e. The van der Waals surface area contributed by atoms with Gasteiger partial charge in [-0.25, -0.2) is 8.42 Å². The summed E-state index contributed by atoms with van der Waals surface area (Å²) in [5, 5.41) is 2.44. The quantitative estimate of drug-likeness (QED) is 0.822. The second-order valence-corrected chi connectivity index (χ2v) is 8.64. The van der Waals surface area contributed by atoms with Crippen molar-refractivity contribution in [2.75, 3.05) is 21.9 Å². The van der Waals surface area contributed by atoms with Crippen molar-refractivity contribution in [1.29, 1.82) is 0 Å². The predicted molar refractivity (Wildman–Crippen MR) is 101 cm³/mol. The molecule has 1 aliphatic rings. The van der Waals surface area contributed by atoms with Crippen molar-refractivity contribution >= 4 is 27.3 Å². The minimum Gasteiger partial charge on any atom is -0.322 e. The molecule has 150 valence electrons. The molecule has 0 spiro atoms. The van der Waals surface area contributed by atoms with Gasteiger partial charge >= 0.3 is 6.18 Å². The van der Waals surface area contributed by atoms with Crippen LogP contribution in [0.3, 0.4) is 0 Å². The van der Waals surface area contributed by atoms with E-state index in [-0.39, 0.29) is 17.0 Å². The first-order valence-corrected chi connectivity index (χ1v) is 10.3. The van der Waals surface area contributed by atoms with Crippen molar-refractivity contribution in [2.24, 2.45) is 0 Å². The second-order valence-electron chi connectivity index (χ2n) is 6.63. The molecule has 2 aromatic carbocycles. The molecule has 1 amide bonds. The molecule has 1 saturated heterocycles. The first kappa shape index (κ1) is 20.2. The maximum atomic E-state index is 12.8. The molecule has 0 aromatic heterocycles. The van der Waals surface area contributed by atoms with Crippen LogP contribution in [0, 0.1) is 6.92 Å². The van der Waals surface area contributed by atoms with Gasteiger partial charge in [-0.2, -0.15) is 13.2 Å². The van der Waals surface area contributed by atoms with Crippen molar-refractivity contribution in [2.45, 2.75) is 25.9 Å². The van der Waals surface area contributed by atoms with Crippen LogP contribution in [-0.4, -0.2) is 26.6 Å². The van der Waals surface area contributed by atoms with Crippen molar-refractivity contribution in [3.8, 4) is 0 Å². The molecule has 1 aliphatic heterocycles. The number of halogens is 3. The number of alkyl halides is 3. The lowest BCUT2D eigenvalue weighted by Gasteiger charge is -2.29. The topological polar surface area (TPSA) is 66.5 Å². The average Bonchev–Trinajstić information content (AvgIpc) is 2.61. The molecule has 2 aromatic rings. The van der Waals surface area contributed by atoms with Gasteiger partial charge in [-0.15, -0.1) is 0 Å². The van der Waals surface area contributed by atoms with Crippen molar-refractivity contribution in [3.05, 3.63) is 59.2 Å². The van der Waals surface area contributed by atoms with Crippen molar-refractivity contribution < 1.29 is 26.4 Å². The van der Waals surface area contributed by atoms with Gasteiger partial charge in [0.1, 0.15) is 0 Å². The standard InChI is InChI=1S/C19H19F3N2O3S/c1-13-11-14(7-8-17(13)24-9-2-3-10-28(24,26)27)18(25)23-16-6-4-5-15(12-16)19(20,21)22/h4-8,11-12H,2-3,9-10H2,1H3,(H,23,25). The van der Waals surface area contributed by atoms with Crippen LogP contribution >= 0.6 is 0 Å². The molecule has 9 heteroatoms. The third-order valence-electron chi connectivity index (χ3n) is 4.52. The van der Waals surface area contributed by atoms with Crippen LogP contribution in [0.2, 0.25) is 0 Å². The fourth-order valence-electron chi connectivity index (χ4n) is 3.11. The van der Waals surface area contributed by atoms with E-state index in [0.29, 0.717) is 24.2 Å². The van der Waals surface area contributed by atoms with Crippen molar-refractivity contribution in [3.63, 3.8) is 0 Å². The Balaban J connectivity index is 1.81. The molecule has 0 radical (unpaired) electrons. The molecule has 1 heterocycles. The fourth-order valence-corrected chi connectivity index (χ4v) is 4.81. The number of hydrogen-bond acceptors (Lipinski definition) is 3. The molecule has 0 saturated carbocycles. The van der Waals surface area contributed by atoms with E-state index >= 15 is 0 Å². The van der Waals surface area contributed by atoms with Gasteiger partial charge in [0.15, 0.2) is 0 Å². The first-order valence-electron chi connectivity index (χ1n) is 8.67. The zero-order chi connectivity index (χ0) is 20.5. The minimum atomic E-state index is -4.50. The van der Waals surface area contributed by atoms with E-state index in [4.69, 9.17) is 0 Å². The Morgan fingerprint density at radius 1 is 1.11 bits per heavy atom. The smallest absolute Gasteiger partial charge is 0.322 e. The molecule has 0 unspecified atom stereocenters.